The molecular weight excluding hydrogens is 208 g/mol. The number of carbonyl (C=O) groups excluding carboxylic acids is 1. The molecular formula is C16H28O. The van der Waals surface area contributed by atoms with E-state index in [1.165, 1.54) is 70.6 Å². The van der Waals surface area contributed by atoms with Crippen molar-refractivity contribution in [2.45, 2.75) is 83.5 Å². The Morgan fingerprint density at radius 2 is 1.24 bits per heavy atom. The van der Waals surface area contributed by atoms with E-state index in [4.69, 9.17) is 0 Å². The molecule has 1 nitrogen and oxygen atoms in total. The van der Waals surface area contributed by atoms with E-state index in [1.807, 2.05) is 0 Å². The first kappa shape index (κ1) is 13.1. The summed E-state index contributed by atoms with van der Waals surface area (Å²) in [4.78, 5) is 12.0. The molecule has 17 heavy (non-hydrogen) atoms. The molecule has 98 valence electrons. The summed E-state index contributed by atoms with van der Waals surface area (Å²) in [6.07, 6.45) is 16.8. The van der Waals surface area contributed by atoms with E-state index >= 15 is 0 Å². The highest BCUT2D eigenvalue weighted by Gasteiger charge is 2.25. The highest BCUT2D eigenvalue weighted by molar-refractivity contribution is 5.81. The van der Waals surface area contributed by atoms with Gasteiger partial charge in [0, 0.05) is 12.3 Å². The van der Waals surface area contributed by atoms with Crippen LogP contribution in [0.4, 0.5) is 0 Å². The molecule has 0 spiro atoms. The Morgan fingerprint density at radius 3 is 1.94 bits per heavy atom. The van der Waals surface area contributed by atoms with Crippen molar-refractivity contribution in [3.63, 3.8) is 0 Å². The molecule has 3 fully saturated rings. The number of hydrogen-bond acceptors (Lipinski definition) is 1. The van der Waals surface area contributed by atoms with E-state index in [2.05, 4.69) is 0 Å². The number of fused-ring (bicyclic) bond motifs is 11. The fraction of sp³-hybridized carbons (Fsp3) is 0.938. The van der Waals surface area contributed by atoms with Gasteiger partial charge in [0.1, 0.15) is 5.78 Å². The van der Waals surface area contributed by atoms with Crippen molar-refractivity contribution in [2.24, 2.45) is 11.8 Å². The lowest BCUT2D eigenvalue weighted by atomic mass is 9.77. The third kappa shape index (κ3) is 4.44. The van der Waals surface area contributed by atoms with Crippen molar-refractivity contribution < 1.29 is 4.79 Å². The van der Waals surface area contributed by atoms with Gasteiger partial charge in [-0.25, -0.2) is 0 Å². The van der Waals surface area contributed by atoms with Gasteiger partial charge in [0.25, 0.3) is 0 Å². The van der Waals surface area contributed by atoms with Crippen LogP contribution in [-0.4, -0.2) is 5.78 Å². The van der Waals surface area contributed by atoms with Crippen molar-refractivity contribution in [3.05, 3.63) is 0 Å². The maximum Gasteiger partial charge on any atom is 0.135 e. The van der Waals surface area contributed by atoms with Crippen LogP contribution in [0, 0.1) is 11.8 Å². The van der Waals surface area contributed by atoms with Gasteiger partial charge in [0.2, 0.25) is 0 Å². The SMILES string of the molecule is O=C1CCCCCCCCCC2CCC1CC2. The Kier molecular flexibility index (Phi) is 5.54. The molecule has 0 saturated heterocycles. The van der Waals surface area contributed by atoms with Crippen molar-refractivity contribution >= 4 is 5.78 Å². The number of Topliss-reactive ketones (excluding diaryl/α,β-unsaturated/α-hetero) is 1. The molecule has 3 saturated carbocycles. The molecule has 0 aromatic rings. The van der Waals surface area contributed by atoms with Crippen molar-refractivity contribution in [1.82, 2.24) is 0 Å². The lowest BCUT2D eigenvalue weighted by molar-refractivity contribution is -0.124. The molecule has 0 aliphatic heterocycles. The fourth-order valence-electron chi connectivity index (χ4n) is 3.59. The monoisotopic (exact) mass is 236 g/mol. The first-order valence-corrected chi connectivity index (χ1v) is 7.89. The normalized spacial score (nSPS) is 33.3. The van der Waals surface area contributed by atoms with Crippen molar-refractivity contribution in [2.75, 3.05) is 0 Å². The summed E-state index contributed by atoms with van der Waals surface area (Å²) >= 11 is 0. The fourth-order valence-corrected chi connectivity index (χ4v) is 3.59. The zero-order chi connectivity index (χ0) is 11.9. The highest BCUT2D eigenvalue weighted by Crippen LogP contribution is 2.33. The Hall–Kier alpha value is -0.330. The van der Waals surface area contributed by atoms with E-state index in [0.29, 0.717) is 11.7 Å². The Bertz CT molecular complexity index is 226. The van der Waals surface area contributed by atoms with Crippen LogP contribution in [-0.2, 0) is 4.79 Å². The quantitative estimate of drug-likeness (QED) is 0.585. The zero-order valence-electron chi connectivity index (χ0n) is 11.3. The van der Waals surface area contributed by atoms with Gasteiger partial charge in [-0.2, -0.15) is 0 Å². The summed E-state index contributed by atoms with van der Waals surface area (Å²) in [6.45, 7) is 0. The molecule has 0 N–H and O–H groups in total. The van der Waals surface area contributed by atoms with Gasteiger partial charge >= 0.3 is 0 Å². The van der Waals surface area contributed by atoms with Crippen LogP contribution in [0.15, 0.2) is 0 Å². The minimum Gasteiger partial charge on any atom is -0.299 e. The van der Waals surface area contributed by atoms with Crippen LogP contribution in [0.3, 0.4) is 0 Å². The molecule has 3 rings (SSSR count). The largest absolute Gasteiger partial charge is 0.299 e. The van der Waals surface area contributed by atoms with E-state index < -0.39 is 0 Å². The molecule has 0 amide bonds. The standard InChI is InChI=1S/C16H28O/c17-16-9-7-5-3-1-2-4-6-8-14-10-12-15(16)13-11-14/h14-15H,1-13H2. The van der Waals surface area contributed by atoms with E-state index in [9.17, 15) is 4.79 Å². The smallest absolute Gasteiger partial charge is 0.135 e. The molecule has 0 atom stereocenters. The van der Waals surface area contributed by atoms with E-state index in [-0.39, 0.29) is 0 Å². The van der Waals surface area contributed by atoms with Crippen LogP contribution in [0.1, 0.15) is 83.5 Å². The van der Waals surface area contributed by atoms with Gasteiger partial charge in [-0.3, -0.25) is 4.79 Å². The summed E-state index contributed by atoms with van der Waals surface area (Å²) < 4.78 is 0. The van der Waals surface area contributed by atoms with Crippen LogP contribution >= 0.6 is 0 Å². The molecule has 1 heteroatoms. The number of ketones is 1. The van der Waals surface area contributed by atoms with Gasteiger partial charge in [0.05, 0.1) is 0 Å². The third-order valence-corrected chi connectivity index (χ3v) is 4.84. The zero-order valence-corrected chi connectivity index (χ0v) is 11.3. The number of hydrogen-bond donors (Lipinski definition) is 0. The first-order chi connectivity index (χ1) is 8.36. The predicted octanol–water partition coefficient (Wildman–Crippen LogP) is 4.89. The second kappa shape index (κ2) is 7.18. The molecule has 0 aromatic heterocycles. The van der Waals surface area contributed by atoms with Crippen LogP contribution in [0.2, 0.25) is 0 Å². The third-order valence-electron chi connectivity index (χ3n) is 4.84. The summed E-state index contributed by atoms with van der Waals surface area (Å²) in [5.41, 5.74) is 0. The van der Waals surface area contributed by atoms with Gasteiger partial charge in [0.15, 0.2) is 0 Å². The minimum absolute atomic E-state index is 0.439. The molecule has 0 heterocycles. The van der Waals surface area contributed by atoms with Crippen LogP contribution < -0.4 is 0 Å². The first-order valence-electron chi connectivity index (χ1n) is 7.89. The minimum atomic E-state index is 0.439. The predicted molar refractivity (Wildman–Crippen MR) is 72.0 cm³/mol. The Labute approximate surface area is 106 Å². The average Bonchev–Trinajstić information content (AvgIpc) is 2.37. The number of carbonyl (C=O) groups is 1. The van der Waals surface area contributed by atoms with Crippen LogP contribution in [0.5, 0.6) is 0 Å². The second-order valence-electron chi connectivity index (χ2n) is 6.20. The van der Waals surface area contributed by atoms with E-state index in [0.717, 1.165) is 18.8 Å². The summed E-state index contributed by atoms with van der Waals surface area (Å²) in [5, 5.41) is 0. The Balaban J connectivity index is 1.82. The molecule has 3 aliphatic rings. The van der Waals surface area contributed by atoms with Crippen molar-refractivity contribution in [3.8, 4) is 0 Å². The molecule has 0 aromatic carbocycles. The molecule has 3 aliphatic carbocycles. The molecule has 0 radical (unpaired) electrons. The highest BCUT2D eigenvalue weighted by atomic mass is 16.1. The van der Waals surface area contributed by atoms with Crippen LogP contribution in [0.25, 0.3) is 0 Å². The maximum atomic E-state index is 12.0. The van der Waals surface area contributed by atoms with Gasteiger partial charge in [-0.05, 0) is 38.0 Å². The van der Waals surface area contributed by atoms with Gasteiger partial charge in [-0.1, -0.05) is 44.9 Å². The summed E-state index contributed by atoms with van der Waals surface area (Å²) in [6, 6.07) is 0. The van der Waals surface area contributed by atoms with Crippen molar-refractivity contribution in [1.29, 1.82) is 0 Å². The lowest BCUT2D eigenvalue weighted by Gasteiger charge is -2.28. The van der Waals surface area contributed by atoms with Gasteiger partial charge < -0.3 is 0 Å². The second-order valence-corrected chi connectivity index (χ2v) is 6.20. The number of rotatable bonds is 0. The summed E-state index contributed by atoms with van der Waals surface area (Å²) in [7, 11) is 0. The Morgan fingerprint density at radius 1 is 0.647 bits per heavy atom. The average molecular weight is 236 g/mol. The molecule has 2 bridgehead atoms. The van der Waals surface area contributed by atoms with E-state index in [1.54, 1.807) is 0 Å². The molecule has 0 unspecified atom stereocenters. The van der Waals surface area contributed by atoms with Gasteiger partial charge in [-0.15, -0.1) is 0 Å². The topological polar surface area (TPSA) is 17.1 Å². The maximum absolute atomic E-state index is 12.0. The lowest BCUT2D eigenvalue weighted by Crippen LogP contribution is -2.21. The summed E-state index contributed by atoms with van der Waals surface area (Å²) in [5.74, 6) is 1.97.